The highest BCUT2D eigenvalue weighted by Gasteiger charge is 2.48. The number of phenolic OH excluding ortho intramolecular Hbond substituents is 3. The molecule has 0 unspecified atom stereocenters. The largest absolute Gasteiger partial charge is 0.508 e. The molecule has 2 aliphatic rings. The summed E-state index contributed by atoms with van der Waals surface area (Å²) in [4.78, 5) is 24.9. The smallest absolute Gasteiger partial charge is 0.302 e. The first kappa shape index (κ1) is 35.1. The summed E-state index contributed by atoms with van der Waals surface area (Å²) in [5, 5.41) is 93.1. The third kappa shape index (κ3) is 6.83. The van der Waals surface area contributed by atoms with Gasteiger partial charge in [0.2, 0.25) is 17.5 Å². The predicted molar refractivity (Wildman–Crippen MR) is 156 cm³/mol. The fraction of sp³-hybridized carbons (Fsp3) is 0.467. The molecule has 0 saturated carbocycles. The van der Waals surface area contributed by atoms with Crippen LogP contribution < -0.4 is 14.9 Å². The molecule has 0 radical (unpaired) electrons. The monoisotopic (exact) mass is 682 g/mol. The van der Waals surface area contributed by atoms with Crippen molar-refractivity contribution < 1.29 is 83.6 Å². The van der Waals surface area contributed by atoms with Crippen molar-refractivity contribution in [2.45, 2.75) is 68.3 Å². The molecule has 0 spiro atoms. The van der Waals surface area contributed by atoms with E-state index in [9.17, 15) is 55.5 Å². The van der Waals surface area contributed by atoms with Crippen molar-refractivity contribution in [1.82, 2.24) is 0 Å². The van der Waals surface area contributed by atoms with Crippen molar-refractivity contribution in [3.05, 3.63) is 40.6 Å². The first-order valence-corrected chi connectivity index (χ1v) is 14.4. The zero-order valence-corrected chi connectivity index (χ0v) is 25.3. The molecule has 2 saturated heterocycles. The highest BCUT2D eigenvalue weighted by atomic mass is 16.7. The van der Waals surface area contributed by atoms with Gasteiger partial charge in [0, 0.05) is 24.6 Å². The molecule has 0 aliphatic carbocycles. The van der Waals surface area contributed by atoms with Crippen molar-refractivity contribution in [3.8, 4) is 40.1 Å². The van der Waals surface area contributed by atoms with Crippen molar-refractivity contribution in [2.24, 2.45) is 0 Å². The van der Waals surface area contributed by atoms with Crippen LogP contribution in [0.25, 0.3) is 22.3 Å². The number of aliphatic hydroxyl groups is 6. The fourth-order valence-electron chi connectivity index (χ4n) is 5.23. The molecule has 1 aromatic heterocycles. The van der Waals surface area contributed by atoms with Crippen LogP contribution in [0.3, 0.4) is 0 Å². The number of ether oxygens (including phenoxy) is 6. The lowest BCUT2D eigenvalue weighted by atomic mass is 9.98. The van der Waals surface area contributed by atoms with Gasteiger partial charge in [-0.05, 0) is 18.2 Å². The van der Waals surface area contributed by atoms with Gasteiger partial charge in [0.05, 0.1) is 13.7 Å². The highest BCUT2D eigenvalue weighted by Crippen LogP contribution is 2.39. The summed E-state index contributed by atoms with van der Waals surface area (Å²) in [7, 11) is 1.27. The second-order valence-electron chi connectivity index (χ2n) is 11.1. The van der Waals surface area contributed by atoms with Crippen LogP contribution in [0.15, 0.2) is 39.5 Å². The number of hydrogen-bond donors (Lipinski definition) is 9. The van der Waals surface area contributed by atoms with Crippen LogP contribution in [0.2, 0.25) is 0 Å². The molecule has 10 atom stereocenters. The highest BCUT2D eigenvalue weighted by molar-refractivity contribution is 5.88. The maximum Gasteiger partial charge on any atom is 0.302 e. The Morgan fingerprint density at radius 3 is 2.06 bits per heavy atom. The van der Waals surface area contributed by atoms with Crippen molar-refractivity contribution in [3.63, 3.8) is 0 Å². The zero-order chi connectivity index (χ0) is 35.0. The quantitative estimate of drug-likeness (QED) is 0.112. The van der Waals surface area contributed by atoms with E-state index in [2.05, 4.69) is 0 Å². The van der Waals surface area contributed by atoms with E-state index in [1.54, 1.807) is 0 Å². The van der Waals surface area contributed by atoms with Gasteiger partial charge in [0.15, 0.2) is 23.5 Å². The third-order valence-corrected chi connectivity index (χ3v) is 7.81. The number of hydrogen-bond acceptors (Lipinski definition) is 18. The van der Waals surface area contributed by atoms with Crippen LogP contribution in [0.4, 0.5) is 0 Å². The number of carbonyl (C=O) groups excluding carboxylic acids is 1. The Kier molecular flexibility index (Phi) is 10.3. The van der Waals surface area contributed by atoms with E-state index in [4.69, 9.17) is 32.8 Å². The minimum Gasteiger partial charge on any atom is -0.508 e. The second kappa shape index (κ2) is 14.1. The molecule has 18 nitrogen and oxygen atoms in total. The minimum absolute atomic E-state index is 0.0375. The molecule has 2 aromatic carbocycles. The van der Waals surface area contributed by atoms with Gasteiger partial charge in [-0.2, -0.15) is 0 Å². The van der Waals surface area contributed by atoms with Crippen LogP contribution >= 0.6 is 0 Å². The van der Waals surface area contributed by atoms with E-state index >= 15 is 0 Å². The number of esters is 1. The Bertz CT molecular complexity index is 1690. The van der Waals surface area contributed by atoms with Gasteiger partial charge in [-0.1, -0.05) is 0 Å². The minimum atomic E-state index is -2.00. The maximum absolute atomic E-state index is 13.7. The molecule has 3 aromatic rings. The Hall–Kier alpha value is -4.24. The Labute approximate surface area is 270 Å². The summed E-state index contributed by atoms with van der Waals surface area (Å²) in [5.41, 5.74) is -1.20. The molecular weight excluding hydrogens is 648 g/mol. The molecule has 9 N–H and O–H groups in total. The van der Waals surface area contributed by atoms with Crippen LogP contribution in [0.5, 0.6) is 28.7 Å². The number of carbonyl (C=O) groups is 1. The third-order valence-electron chi connectivity index (χ3n) is 7.81. The Morgan fingerprint density at radius 1 is 0.792 bits per heavy atom. The lowest BCUT2D eigenvalue weighted by Crippen LogP contribution is -2.62. The van der Waals surface area contributed by atoms with Crippen LogP contribution in [-0.4, -0.2) is 134 Å². The van der Waals surface area contributed by atoms with Gasteiger partial charge in [0.1, 0.15) is 77.9 Å². The summed E-state index contributed by atoms with van der Waals surface area (Å²) in [6.45, 7) is -0.0826. The predicted octanol–water partition coefficient (Wildman–Crippen LogP) is -1.84. The standard InChI is InChI=1S/C30H34O18/c1-10(31)43-8-17-20(35)23(38)25(40)29(46-17)44-9-18-21(36)24(39)26(41)30(47-18)48-28-22(37)19-14(34)6-12(32)7-16(19)45-27(28)11-3-4-13(33)15(5-11)42-2/h3-7,17-18,20-21,23-26,29-30,32-36,38-41H,8-9H2,1-2H3/t17-,18+,20-,21+,23+,24+,25-,26+,29-,30+/m1/s1. The number of phenols is 3. The van der Waals surface area contributed by atoms with E-state index in [1.165, 1.54) is 25.3 Å². The molecule has 2 aliphatic heterocycles. The number of benzene rings is 2. The average Bonchev–Trinajstić information content (AvgIpc) is 3.04. The molecule has 48 heavy (non-hydrogen) atoms. The van der Waals surface area contributed by atoms with Gasteiger partial charge in [-0.25, -0.2) is 0 Å². The first-order chi connectivity index (χ1) is 22.7. The lowest BCUT2D eigenvalue weighted by Gasteiger charge is -2.42. The average molecular weight is 683 g/mol. The van der Waals surface area contributed by atoms with E-state index in [0.29, 0.717) is 0 Å². The number of aliphatic hydroxyl groups excluding tert-OH is 6. The summed E-state index contributed by atoms with van der Waals surface area (Å²) >= 11 is 0. The molecule has 0 amide bonds. The fourth-order valence-corrected chi connectivity index (χ4v) is 5.23. The molecule has 0 bridgehead atoms. The van der Waals surface area contributed by atoms with Crippen LogP contribution in [0.1, 0.15) is 6.92 Å². The van der Waals surface area contributed by atoms with Crippen molar-refractivity contribution in [2.75, 3.05) is 20.3 Å². The molecule has 3 heterocycles. The molecule has 2 fully saturated rings. The number of methoxy groups -OCH3 is 1. The van der Waals surface area contributed by atoms with E-state index in [1.807, 2.05) is 0 Å². The summed E-state index contributed by atoms with van der Waals surface area (Å²) in [6, 6.07) is 5.74. The second-order valence-corrected chi connectivity index (χ2v) is 11.1. The maximum atomic E-state index is 13.7. The van der Waals surface area contributed by atoms with Crippen LogP contribution in [0, 0.1) is 0 Å². The SMILES string of the molecule is COc1cc(-c2oc3cc(O)cc(O)c3c(=O)c2O[C@@H]2O[C@@H](CO[C@@H]3O[C@H](COC(C)=O)[C@@H](O)[C@H](O)[C@H]3O)[C@H](O)[C@H](O)[C@@H]2O)ccc1O. The van der Waals surface area contributed by atoms with E-state index in [-0.39, 0.29) is 28.4 Å². The van der Waals surface area contributed by atoms with E-state index < -0.39 is 109 Å². The Morgan fingerprint density at radius 2 is 1.42 bits per heavy atom. The van der Waals surface area contributed by atoms with Gasteiger partial charge in [0.25, 0.3) is 0 Å². The zero-order valence-electron chi connectivity index (χ0n) is 25.3. The number of fused-ring (bicyclic) bond motifs is 1. The van der Waals surface area contributed by atoms with Crippen molar-refractivity contribution in [1.29, 1.82) is 0 Å². The molecule has 262 valence electrons. The van der Waals surface area contributed by atoms with Gasteiger partial charge in [-0.15, -0.1) is 0 Å². The van der Waals surface area contributed by atoms with Gasteiger partial charge >= 0.3 is 5.97 Å². The van der Waals surface area contributed by atoms with E-state index in [0.717, 1.165) is 19.1 Å². The summed E-state index contributed by atoms with van der Waals surface area (Å²) < 4.78 is 38.1. The normalized spacial score (nSPS) is 30.6. The van der Waals surface area contributed by atoms with Crippen LogP contribution in [-0.2, 0) is 23.7 Å². The molecular formula is C30H34O18. The lowest BCUT2D eigenvalue weighted by molar-refractivity contribution is -0.323. The van der Waals surface area contributed by atoms with Crippen molar-refractivity contribution >= 4 is 16.9 Å². The summed E-state index contributed by atoms with van der Waals surface area (Å²) in [6.07, 6.45) is -17.5. The number of rotatable bonds is 9. The molecule has 5 rings (SSSR count). The van der Waals surface area contributed by atoms with Gasteiger partial charge in [-0.3, -0.25) is 9.59 Å². The first-order valence-electron chi connectivity index (χ1n) is 14.4. The summed E-state index contributed by atoms with van der Waals surface area (Å²) in [5.74, 6) is -3.14. The Balaban J connectivity index is 1.44. The molecule has 18 heteroatoms. The van der Waals surface area contributed by atoms with Gasteiger partial charge < -0.3 is 78.8 Å². The topological polar surface area (TPSA) is 285 Å². The number of aromatic hydroxyl groups is 3.